The fraction of sp³-hybridized carbons (Fsp3) is 0.200. The summed E-state index contributed by atoms with van der Waals surface area (Å²) in [6, 6.07) is 12.7. The predicted molar refractivity (Wildman–Crippen MR) is 108 cm³/mol. The third kappa shape index (κ3) is 4.29. The minimum atomic E-state index is -0.203. The normalized spacial score (nSPS) is 14.7. The second kappa shape index (κ2) is 8.43. The van der Waals surface area contributed by atoms with Crippen molar-refractivity contribution in [2.45, 2.75) is 24.7 Å². The lowest BCUT2D eigenvalue weighted by atomic mass is 10.1. The second-order valence-corrected chi connectivity index (χ2v) is 7.40. The molecule has 1 aliphatic rings. The van der Waals surface area contributed by atoms with Gasteiger partial charge in [0, 0.05) is 22.0 Å². The van der Waals surface area contributed by atoms with Crippen LogP contribution in [0, 0.1) is 0 Å². The molecule has 0 saturated carbocycles. The van der Waals surface area contributed by atoms with Crippen LogP contribution in [0.5, 0.6) is 0 Å². The maximum atomic E-state index is 12.4. The van der Waals surface area contributed by atoms with E-state index < -0.39 is 0 Å². The maximum absolute atomic E-state index is 12.4. The summed E-state index contributed by atoms with van der Waals surface area (Å²) in [5, 5.41) is 6.34. The summed E-state index contributed by atoms with van der Waals surface area (Å²) < 4.78 is 0. The van der Waals surface area contributed by atoms with E-state index in [1.165, 1.54) is 11.8 Å². The molecule has 0 aliphatic carbocycles. The highest BCUT2D eigenvalue weighted by Gasteiger charge is 2.22. The lowest BCUT2D eigenvalue weighted by Gasteiger charge is -2.19. The van der Waals surface area contributed by atoms with Crippen LogP contribution in [0.15, 0.2) is 52.3 Å². The van der Waals surface area contributed by atoms with Crippen molar-refractivity contribution in [3.8, 4) is 0 Å². The van der Waals surface area contributed by atoms with Crippen LogP contribution in [0.2, 0.25) is 5.02 Å². The van der Waals surface area contributed by atoms with Crippen LogP contribution in [0.4, 0.5) is 5.69 Å². The number of hydrogen-bond acceptors (Lipinski definition) is 3. The standard InChI is InChI=1S/C20H19ClN2O2S/c1-2-3-10-22-19(24)14-8-9-17-16(11-14)23-20(25)18(26-17)12-13-6-4-5-7-15(13)21/h4-9,11-12H,2-3,10H2,1H3,(H,22,24)(H,23,25)/b18-12+. The summed E-state index contributed by atoms with van der Waals surface area (Å²) in [6.07, 6.45) is 3.74. The van der Waals surface area contributed by atoms with Gasteiger partial charge in [-0.2, -0.15) is 0 Å². The van der Waals surface area contributed by atoms with Gasteiger partial charge in [-0.3, -0.25) is 9.59 Å². The zero-order valence-electron chi connectivity index (χ0n) is 14.3. The van der Waals surface area contributed by atoms with Crippen molar-refractivity contribution in [1.82, 2.24) is 5.32 Å². The van der Waals surface area contributed by atoms with Gasteiger partial charge in [0.2, 0.25) is 0 Å². The van der Waals surface area contributed by atoms with E-state index in [9.17, 15) is 9.59 Å². The Morgan fingerprint density at radius 2 is 2.08 bits per heavy atom. The fourth-order valence-corrected chi connectivity index (χ4v) is 3.63. The summed E-state index contributed by atoms with van der Waals surface area (Å²) in [5.74, 6) is -0.330. The van der Waals surface area contributed by atoms with Crippen molar-refractivity contribution in [2.24, 2.45) is 0 Å². The van der Waals surface area contributed by atoms with E-state index in [-0.39, 0.29) is 11.8 Å². The molecule has 2 amide bonds. The van der Waals surface area contributed by atoms with Crippen molar-refractivity contribution >= 4 is 46.9 Å². The number of benzene rings is 2. The van der Waals surface area contributed by atoms with Gasteiger partial charge in [-0.15, -0.1) is 0 Å². The van der Waals surface area contributed by atoms with Gasteiger partial charge in [0.15, 0.2) is 0 Å². The molecular weight excluding hydrogens is 368 g/mol. The number of carbonyl (C=O) groups excluding carboxylic acids is 2. The van der Waals surface area contributed by atoms with Crippen LogP contribution >= 0.6 is 23.4 Å². The molecule has 3 rings (SSSR count). The van der Waals surface area contributed by atoms with Crippen LogP contribution < -0.4 is 10.6 Å². The topological polar surface area (TPSA) is 58.2 Å². The Morgan fingerprint density at radius 3 is 2.85 bits per heavy atom. The van der Waals surface area contributed by atoms with E-state index in [0.29, 0.717) is 27.7 Å². The number of hydrogen-bond donors (Lipinski definition) is 2. The molecule has 1 heterocycles. The van der Waals surface area contributed by atoms with Crippen molar-refractivity contribution in [3.63, 3.8) is 0 Å². The molecule has 0 fully saturated rings. The Labute approximate surface area is 162 Å². The molecule has 2 N–H and O–H groups in total. The molecular formula is C20H19ClN2O2S. The molecule has 4 nitrogen and oxygen atoms in total. The van der Waals surface area contributed by atoms with Gasteiger partial charge in [-0.25, -0.2) is 0 Å². The number of thioether (sulfide) groups is 1. The van der Waals surface area contributed by atoms with E-state index in [0.717, 1.165) is 23.3 Å². The Bertz CT molecular complexity index is 880. The maximum Gasteiger partial charge on any atom is 0.262 e. The molecule has 2 aromatic carbocycles. The number of unbranched alkanes of at least 4 members (excludes halogenated alkanes) is 1. The molecule has 0 radical (unpaired) electrons. The first-order valence-corrected chi connectivity index (χ1v) is 9.65. The number of rotatable bonds is 5. The number of fused-ring (bicyclic) bond motifs is 1. The molecule has 1 aliphatic heterocycles. The monoisotopic (exact) mass is 386 g/mol. The molecule has 6 heteroatoms. The van der Waals surface area contributed by atoms with E-state index in [1.807, 2.05) is 24.3 Å². The SMILES string of the molecule is CCCCNC(=O)c1ccc2c(c1)NC(=O)/C(=C\c1ccccc1Cl)S2. The van der Waals surface area contributed by atoms with Gasteiger partial charge in [0.1, 0.15) is 0 Å². The van der Waals surface area contributed by atoms with Crippen molar-refractivity contribution in [3.05, 3.63) is 63.5 Å². The Kier molecular flexibility index (Phi) is 6.01. The smallest absolute Gasteiger partial charge is 0.262 e. The lowest BCUT2D eigenvalue weighted by Crippen LogP contribution is -2.25. The van der Waals surface area contributed by atoms with E-state index >= 15 is 0 Å². The number of halogens is 1. The van der Waals surface area contributed by atoms with Crippen LogP contribution in [0.1, 0.15) is 35.7 Å². The second-order valence-electron chi connectivity index (χ2n) is 5.91. The summed E-state index contributed by atoms with van der Waals surface area (Å²) in [4.78, 5) is 26.1. The summed E-state index contributed by atoms with van der Waals surface area (Å²) in [6.45, 7) is 2.73. The van der Waals surface area contributed by atoms with Gasteiger partial charge in [-0.05, 0) is 42.3 Å². The van der Waals surface area contributed by atoms with Crippen LogP contribution in [0.3, 0.4) is 0 Å². The number of anilines is 1. The summed E-state index contributed by atoms with van der Waals surface area (Å²) in [7, 11) is 0. The third-order valence-corrected chi connectivity index (χ3v) is 5.38. The van der Waals surface area contributed by atoms with Crippen LogP contribution in [-0.4, -0.2) is 18.4 Å². The largest absolute Gasteiger partial charge is 0.352 e. The van der Waals surface area contributed by atoms with E-state index in [2.05, 4.69) is 17.6 Å². The molecule has 0 saturated heterocycles. The highest BCUT2D eigenvalue weighted by Crippen LogP contribution is 2.39. The van der Waals surface area contributed by atoms with Crippen molar-refractivity contribution in [2.75, 3.05) is 11.9 Å². The highest BCUT2D eigenvalue weighted by molar-refractivity contribution is 8.04. The fourth-order valence-electron chi connectivity index (χ4n) is 2.52. The Hall–Kier alpha value is -2.24. The van der Waals surface area contributed by atoms with Crippen molar-refractivity contribution < 1.29 is 9.59 Å². The summed E-state index contributed by atoms with van der Waals surface area (Å²) >= 11 is 7.54. The average Bonchev–Trinajstić information content (AvgIpc) is 2.64. The first kappa shape index (κ1) is 18.5. The number of carbonyl (C=O) groups is 2. The molecule has 0 spiro atoms. The third-order valence-electron chi connectivity index (χ3n) is 3.94. The first-order chi connectivity index (χ1) is 12.6. The predicted octanol–water partition coefficient (Wildman–Crippen LogP) is 4.96. The number of amides is 2. The van der Waals surface area contributed by atoms with Gasteiger partial charge in [0.25, 0.3) is 11.8 Å². The average molecular weight is 387 g/mol. The minimum Gasteiger partial charge on any atom is -0.352 e. The van der Waals surface area contributed by atoms with Crippen LogP contribution in [-0.2, 0) is 4.79 Å². The zero-order valence-corrected chi connectivity index (χ0v) is 15.9. The zero-order chi connectivity index (χ0) is 18.5. The van der Waals surface area contributed by atoms with Crippen molar-refractivity contribution in [1.29, 1.82) is 0 Å². The Morgan fingerprint density at radius 1 is 1.27 bits per heavy atom. The van der Waals surface area contributed by atoms with Gasteiger partial charge in [0.05, 0.1) is 10.6 Å². The Balaban J connectivity index is 1.80. The minimum absolute atomic E-state index is 0.127. The molecule has 2 aromatic rings. The molecule has 26 heavy (non-hydrogen) atoms. The molecule has 0 bridgehead atoms. The molecule has 0 unspecified atom stereocenters. The van der Waals surface area contributed by atoms with Gasteiger partial charge in [-0.1, -0.05) is 54.9 Å². The first-order valence-electron chi connectivity index (χ1n) is 8.46. The van der Waals surface area contributed by atoms with Gasteiger partial charge >= 0.3 is 0 Å². The summed E-state index contributed by atoms with van der Waals surface area (Å²) in [5.41, 5.74) is 1.99. The molecule has 0 atom stereocenters. The van der Waals surface area contributed by atoms with E-state index in [4.69, 9.17) is 11.6 Å². The molecule has 0 aromatic heterocycles. The van der Waals surface area contributed by atoms with Crippen LogP contribution in [0.25, 0.3) is 6.08 Å². The van der Waals surface area contributed by atoms with Gasteiger partial charge < -0.3 is 10.6 Å². The van der Waals surface area contributed by atoms with E-state index in [1.54, 1.807) is 24.3 Å². The molecule has 134 valence electrons. The number of nitrogens with one attached hydrogen (secondary N) is 2. The highest BCUT2D eigenvalue weighted by atomic mass is 35.5. The lowest BCUT2D eigenvalue weighted by molar-refractivity contribution is -0.112. The quantitative estimate of drug-likeness (QED) is 0.564.